The van der Waals surface area contributed by atoms with Crippen LogP contribution in [0.1, 0.15) is 11.8 Å². The van der Waals surface area contributed by atoms with Gasteiger partial charge in [-0.1, -0.05) is 59.8 Å². The minimum absolute atomic E-state index is 0.591. The van der Waals surface area contributed by atoms with Gasteiger partial charge in [-0.3, -0.25) is 0 Å². The summed E-state index contributed by atoms with van der Waals surface area (Å²) in [5.74, 6) is 0. The zero-order chi connectivity index (χ0) is 14.7. The van der Waals surface area contributed by atoms with Crippen LogP contribution in [0, 0.1) is 0 Å². The van der Waals surface area contributed by atoms with E-state index in [0.29, 0.717) is 5.69 Å². The third kappa shape index (κ3) is 2.49. The number of aliphatic hydroxyl groups is 1. The molecular formula is C17H15N3O. The fraction of sp³-hybridized carbons (Fsp3) is 0.0588. The summed E-state index contributed by atoms with van der Waals surface area (Å²) in [6.07, 6.45) is 2.21. The highest BCUT2D eigenvalue weighted by molar-refractivity contribution is 5.72. The summed E-state index contributed by atoms with van der Waals surface area (Å²) in [5, 5.41) is 18.0. The molecule has 1 unspecified atom stereocenters. The smallest absolute Gasteiger partial charge is 0.116 e. The molecule has 104 valence electrons. The van der Waals surface area contributed by atoms with Crippen LogP contribution < -0.4 is 0 Å². The maximum Gasteiger partial charge on any atom is 0.116 e. The Labute approximate surface area is 123 Å². The fourth-order valence-electron chi connectivity index (χ4n) is 2.27. The number of rotatable bonds is 4. The van der Waals surface area contributed by atoms with E-state index in [1.807, 2.05) is 54.6 Å². The monoisotopic (exact) mass is 277 g/mol. The average Bonchev–Trinajstić information content (AvgIpc) is 3.04. The van der Waals surface area contributed by atoms with Crippen molar-refractivity contribution in [2.75, 3.05) is 0 Å². The van der Waals surface area contributed by atoms with Crippen molar-refractivity contribution < 1.29 is 5.11 Å². The SMILES string of the molecule is C=CC(O)c1cnnn1-c1ccccc1-c1ccccc1. The molecule has 0 aliphatic carbocycles. The molecule has 4 nitrogen and oxygen atoms in total. The van der Waals surface area contributed by atoms with Crippen LogP contribution in [0.15, 0.2) is 73.4 Å². The Morgan fingerprint density at radius 3 is 2.52 bits per heavy atom. The molecule has 3 aromatic rings. The van der Waals surface area contributed by atoms with Crippen molar-refractivity contribution in [3.63, 3.8) is 0 Å². The maximum absolute atomic E-state index is 10.0. The van der Waals surface area contributed by atoms with E-state index in [-0.39, 0.29) is 0 Å². The van der Waals surface area contributed by atoms with E-state index in [0.717, 1.165) is 16.8 Å². The number of nitrogens with zero attached hydrogens (tertiary/aromatic N) is 3. The average molecular weight is 277 g/mol. The number of para-hydroxylation sites is 1. The summed E-state index contributed by atoms with van der Waals surface area (Å²) in [6.45, 7) is 3.61. The maximum atomic E-state index is 10.0. The second-order valence-electron chi connectivity index (χ2n) is 4.63. The van der Waals surface area contributed by atoms with Gasteiger partial charge in [0.2, 0.25) is 0 Å². The highest BCUT2D eigenvalue weighted by atomic mass is 16.3. The van der Waals surface area contributed by atoms with E-state index >= 15 is 0 Å². The molecular weight excluding hydrogens is 262 g/mol. The van der Waals surface area contributed by atoms with Crippen LogP contribution in [0.25, 0.3) is 16.8 Å². The van der Waals surface area contributed by atoms with Gasteiger partial charge in [-0.2, -0.15) is 0 Å². The van der Waals surface area contributed by atoms with Gasteiger partial charge in [0.1, 0.15) is 6.10 Å². The number of hydrogen-bond donors (Lipinski definition) is 1. The van der Waals surface area contributed by atoms with Gasteiger partial charge in [-0.05, 0) is 11.6 Å². The van der Waals surface area contributed by atoms with E-state index in [4.69, 9.17) is 0 Å². The van der Waals surface area contributed by atoms with Crippen LogP contribution in [0.4, 0.5) is 0 Å². The summed E-state index contributed by atoms with van der Waals surface area (Å²) in [6, 6.07) is 17.9. The molecule has 21 heavy (non-hydrogen) atoms. The zero-order valence-electron chi connectivity index (χ0n) is 11.4. The van der Waals surface area contributed by atoms with Crippen LogP contribution in [0.3, 0.4) is 0 Å². The molecule has 0 aliphatic heterocycles. The predicted octanol–water partition coefficient (Wildman–Crippen LogP) is 3.15. The number of benzene rings is 2. The number of hydrogen-bond acceptors (Lipinski definition) is 3. The van der Waals surface area contributed by atoms with E-state index < -0.39 is 6.10 Å². The first kappa shape index (κ1) is 13.3. The molecule has 1 atom stereocenters. The van der Waals surface area contributed by atoms with Crippen molar-refractivity contribution in [1.29, 1.82) is 0 Å². The minimum atomic E-state index is -0.802. The molecule has 1 aromatic heterocycles. The van der Waals surface area contributed by atoms with Crippen LogP contribution in [-0.2, 0) is 0 Å². The lowest BCUT2D eigenvalue weighted by molar-refractivity contribution is 0.220. The van der Waals surface area contributed by atoms with Gasteiger partial charge in [0.05, 0.1) is 17.6 Å². The molecule has 0 amide bonds. The van der Waals surface area contributed by atoms with E-state index in [1.165, 1.54) is 6.08 Å². The van der Waals surface area contributed by atoms with E-state index in [1.54, 1.807) is 10.9 Å². The first-order chi connectivity index (χ1) is 10.3. The van der Waals surface area contributed by atoms with Crippen LogP contribution in [0.5, 0.6) is 0 Å². The number of aromatic nitrogens is 3. The summed E-state index contributed by atoms with van der Waals surface area (Å²) in [4.78, 5) is 0. The van der Waals surface area contributed by atoms with Crippen molar-refractivity contribution in [2.45, 2.75) is 6.10 Å². The van der Waals surface area contributed by atoms with Crippen molar-refractivity contribution in [1.82, 2.24) is 15.0 Å². The van der Waals surface area contributed by atoms with Gasteiger partial charge in [0.25, 0.3) is 0 Å². The Bertz CT molecular complexity index is 749. The second kappa shape index (κ2) is 5.73. The van der Waals surface area contributed by atoms with Crippen molar-refractivity contribution in [3.8, 4) is 16.8 Å². The molecule has 3 rings (SSSR count). The van der Waals surface area contributed by atoms with Crippen molar-refractivity contribution >= 4 is 0 Å². The molecule has 0 fully saturated rings. The van der Waals surface area contributed by atoms with E-state index in [9.17, 15) is 5.11 Å². The molecule has 1 heterocycles. The molecule has 0 saturated carbocycles. The fourth-order valence-corrected chi connectivity index (χ4v) is 2.27. The molecule has 2 aromatic carbocycles. The Kier molecular flexibility index (Phi) is 3.62. The first-order valence-electron chi connectivity index (χ1n) is 6.67. The van der Waals surface area contributed by atoms with Crippen LogP contribution in [-0.4, -0.2) is 20.1 Å². The lowest BCUT2D eigenvalue weighted by Crippen LogP contribution is -2.07. The highest BCUT2D eigenvalue weighted by Gasteiger charge is 2.15. The summed E-state index contributed by atoms with van der Waals surface area (Å²) >= 11 is 0. The molecule has 4 heteroatoms. The molecule has 0 saturated heterocycles. The molecule has 1 N–H and O–H groups in total. The lowest BCUT2D eigenvalue weighted by atomic mass is 10.0. The van der Waals surface area contributed by atoms with E-state index in [2.05, 4.69) is 16.9 Å². The minimum Gasteiger partial charge on any atom is -0.383 e. The molecule has 0 radical (unpaired) electrons. The Hall–Kier alpha value is -2.72. The Morgan fingerprint density at radius 2 is 1.76 bits per heavy atom. The van der Waals surface area contributed by atoms with Crippen molar-refractivity contribution in [2.24, 2.45) is 0 Å². The predicted molar refractivity (Wildman–Crippen MR) is 82.0 cm³/mol. The first-order valence-corrected chi connectivity index (χ1v) is 6.67. The summed E-state index contributed by atoms with van der Waals surface area (Å²) < 4.78 is 1.65. The topological polar surface area (TPSA) is 50.9 Å². The van der Waals surface area contributed by atoms with Crippen LogP contribution >= 0.6 is 0 Å². The standard InChI is InChI=1S/C17H15N3O/c1-2-17(21)16-12-18-19-20(16)15-11-7-6-10-14(15)13-8-4-3-5-9-13/h2-12,17,21H,1H2. The number of aliphatic hydroxyl groups excluding tert-OH is 1. The lowest BCUT2D eigenvalue weighted by Gasteiger charge is -2.13. The Morgan fingerprint density at radius 1 is 1.05 bits per heavy atom. The van der Waals surface area contributed by atoms with Gasteiger partial charge in [0, 0.05) is 5.56 Å². The van der Waals surface area contributed by atoms with Gasteiger partial charge < -0.3 is 5.11 Å². The highest BCUT2D eigenvalue weighted by Crippen LogP contribution is 2.28. The summed E-state index contributed by atoms with van der Waals surface area (Å²) in [5.41, 5.74) is 3.58. The normalized spacial score (nSPS) is 12.0. The zero-order valence-corrected chi connectivity index (χ0v) is 11.4. The summed E-state index contributed by atoms with van der Waals surface area (Å²) in [7, 11) is 0. The second-order valence-corrected chi connectivity index (χ2v) is 4.63. The van der Waals surface area contributed by atoms with Gasteiger partial charge >= 0.3 is 0 Å². The molecule has 0 spiro atoms. The molecule has 0 aliphatic rings. The van der Waals surface area contributed by atoms with Gasteiger partial charge in [-0.25, -0.2) is 4.68 Å². The van der Waals surface area contributed by atoms with Crippen LogP contribution in [0.2, 0.25) is 0 Å². The molecule has 0 bridgehead atoms. The Balaban J connectivity index is 2.17. The van der Waals surface area contributed by atoms with Gasteiger partial charge in [-0.15, -0.1) is 11.7 Å². The third-order valence-corrected chi connectivity index (χ3v) is 3.32. The third-order valence-electron chi connectivity index (χ3n) is 3.32. The largest absolute Gasteiger partial charge is 0.383 e. The van der Waals surface area contributed by atoms with Crippen molar-refractivity contribution in [3.05, 3.63) is 79.1 Å². The van der Waals surface area contributed by atoms with Gasteiger partial charge in [0.15, 0.2) is 0 Å². The quantitative estimate of drug-likeness (QED) is 0.745.